The Bertz CT molecular complexity index is 443. The van der Waals surface area contributed by atoms with Gasteiger partial charge in [-0.2, -0.15) is 0 Å². The Morgan fingerprint density at radius 1 is 1.21 bits per heavy atom. The molecule has 0 atom stereocenters. The first kappa shape index (κ1) is 15.7. The number of nitrogens with zero attached hydrogens (tertiary/aromatic N) is 1. The van der Waals surface area contributed by atoms with Gasteiger partial charge in [0.05, 0.1) is 31.9 Å². The number of rotatable bonds is 8. The minimum atomic E-state index is -0.590. The standard InChI is InChI=1S/C12H17NO5S/c1-8(14)11-10(12(15)17-3)13-9(19-11)4-5-18-7-6-16-2/h4-7H2,1-3H3. The van der Waals surface area contributed by atoms with E-state index in [0.29, 0.717) is 36.1 Å². The highest BCUT2D eigenvalue weighted by molar-refractivity contribution is 7.14. The van der Waals surface area contributed by atoms with Crippen LogP contribution in [0.1, 0.15) is 32.1 Å². The van der Waals surface area contributed by atoms with E-state index >= 15 is 0 Å². The van der Waals surface area contributed by atoms with E-state index < -0.39 is 5.97 Å². The average molecular weight is 287 g/mol. The van der Waals surface area contributed by atoms with Gasteiger partial charge in [-0.05, 0) is 0 Å². The first-order valence-corrected chi connectivity index (χ1v) is 6.57. The highest BCUT2D eigenvalue weighted by atomic mass is 32.1. The van der Waals surface area contributed by atoms with Crippen molar-refractivity contribution in [1.29, 1.82) is 0 Å². The minimum absolute atomic E-state index is 0.0897. The molecule has 106 valence electrons. The monoisotopic (exact) mass is 287 g/mol. The number of carbonyl (C=O) groups excluding carboxylic acids is 2. The van der Waals surface area contributed by atoms with Crippen LogP contribution >= 0.6 is 11.3 Å². The molecule has 1 aromatic rings. The number of carbonyl (C=O) groups is 2. The van der Waals surface area contributed by atoms with Gasteiger partial charge < -0.3 is 14.2 Å². The number of Topliss-reactive ketones (excluding diaryl/α,β-unsaturated/α-hetero) is 1. The van der Waals surface area contributed by atoms with Gasteiger partial charge in [-0.25, -0.2) is 9.78 Å². The molecule has 0 bridgehead atoms. The van der Waals surface area contributed by atoms with Gasteiger partial charge in [-0.1, -0.05) is 0 Å². The third-order valence-electron chi connectivity index (χ3n) is 2.26. The van der Waals surface area contributed by atoms with Crippen molar-refractivity contribution in [3.8, 4) is 0 Å². The summed E-state index contributed by atoms with van der Waals surface area (Å²) >= 11 is 1.20. The van der Waals surface area contributed by atoms with Crippen molar-refractivity contribution in [1.82, 2.24) is 4.98 Å². The topological polar surface area (TPSA) is 74.7 Å². The molecule has 0 radical (unpaired) electrons. The van der Waals surface area contributed by atoms with Crippen molar-refractivity contribution >= 4 is 23.1 Å². The third kappa shape index (κ3) is 4.70. The summed E-state index contributed by atoms with van der Waals surface area (Å²) in [6.45, 7) is 2.91. The van der Waals surface area contributed by atoms with Gasteiger partial charge in [0.1, 0.15) is 4.88 Å². The van der Waals surface area contributed by atoms with Crippen LogP contribution in [0.25, 0.3) is 0 Å². The zero-order valence-corrected chi connectivity index (χ0v) is 12.0. The molecule has 0 aromatic carbocycles. The van der Waals surface area contributed by atoms with Gasteiger partial charge in [-0.15, -0.1) is 11.3 Å². The van der Waals surface area contributed by atoms with Crippen LogP contribution in [-0.4, -0.2) is 50.8 Å². The summed E-state index contributed by atoms with van der Waals surface area (Å²) in [4.78, 5) is 27.4. The first-order chi connectivity index (χ1) is 9.10. The summed E-state index contributed by atoms with van der Waals surface area (Å²) < 4.78 is 14.8. The fourth-order valence-electron chi connectivity index (χ4n) is 1.35. The molecule has 1 heterocycles. The van der Waals surface area contributed by atoms with Crippen molar-refractivity contribution in [3.63, 3.8) is 0 Å². The number of hydrogen-bond donors (Lipinski definition) is 0. The summed E-state index contributed by atoms with van der Waals surface area (Å²) in [6, 6.07) is 0. The van der Waals surface area contributed by atoms with Gasteiger partial charge >= 0.3 is 5.97 Å². The van der Waals surface area contributed by atoms with E-state index in [-0.39, 0.29) is 11.5 Å². The molecule has 0 spiro atoms. The second-order valence-electron chi connectivity index (χ2n) is 3.69. The Labute approximate surface area is 115 Å². The predicted molar refractivity (Wildman–Crippen MR) is 69.9 cm³/mol. The maximum absolute atomic E-state index is 11.5. The largest absolute Gasteiger partial charge is 0.464 e. The van der Waals surface area contributed by atoms with E-state index in [4.69, 9.17) is 9.47 Å². The van der Waals surface area contributed by atoms with E-state index in [1.165, 1.54) is 25.4 Å². The summed E-state index contributed by atoms with van der Waals surface area (Å²) in [5.41, 5.74) is 0.0897. The molecule has 1 aromatic heterocycles. The summed E-state index contributed by atoms with van der Waals surface area (Å²) in [7, 11) is 2.87. The zero-order chi connectivity index (χ0) is 14.3. The number of esters is 1. The Morgan fingerprint density at radius 3 is 2.53 bits per heavy atom. The molecule has 0 saturated carbocycles. The SMILES string of the molecule is COCCOCCc1nc(C(=O)OC)c(C(C)=O)s1. The fraction of sp³-hybridized carbons (Fsp3) is 0.583. The van der Waals surface area contributed by atoms with E-state index in [9.17, 15) is 9.59 Å². The second kappa shape index (κ2) is 7.98. The predicted octanol–water partition coefficient (Wildman–Crippen LogP) is 1.34. The molecule has 19 heavy (non-hydrogen) atoms. The number of thiazole rings is 1. The van der Waals surface area contributed by atoms with E-state index in [2.05, 4.69) is 9.72 Å². The lowest BCUT2D eigenvalue weighted by molar-refractivity contribution is 0.0590. The molecule has 0 saturated heterocycles. The van der Waals surface area contributed by atoms with Gasteiger partial charge in [-0.3, -0.25) is 4.79 Å². The molecular weight excluding hydrogens is 270 g/mol. The van der Waals surface area contributed by atoms with Gasteiger partial charge in [0.2, 0.25) is 0 Å². The molecule has 0 aliphatic heterocycles. The number of methoxy groups -OCH3 is 2. The lowest BCUT2D eigenvalue weighted by Crippen LogP contribution is -2.07. The molecule has 1 rings (SSSR count). The highest BCUT2D eigenvalue weighted by Gasteiger charge is 2.21. The minimum Gasteiger partial charge on any atom is -0.464 e. The van der Waals surface area contributed by atoms with Crippen molar-refractivity contribution in [3.05, 3.63) is 15.6 Å². The molecule has 0 fully saturated rings. The van der Waals surface area contributed by atoms with E-state index in [1.807, 2.05) is 0 Å². The summed E-state index contributed by atoms with van der Waals surface area (Å²) in [6.07, 6.45) is 0.547. The normalized spacial score (nSPS) is 10.5. The molecule has 0 unspecified atom stereocenters. The van der Waals surface area contributed by atoms with Crippen LogP contribution in [0.2, 0.25) is 0 Å². The van der Waals surface area contributed by atoms with Crippen LogP contribution in [0, 0.1) is 0 Å². The number of aromatic nitrogens is 1. The number of ketones is 1. The van der Waals surface area contributed by atoms with Crippen LogP contribution in [0.5, 0.6) is 0 Å². The number of ether oxygens (including phenoxy) is 3. The third-order valence-corrected chi connectivity index (χ3v) is 3.48. The highest BCUT2D eigenvalue weighted by Crippen LogP contribution is 2.20. The summed E-state index contributed by atoms with van der Waals surface area (Å²) in [5, 5.41) is 0.683. The van der Waals surface area contributed by atoms with Crippen LogP contribution in [0.3, 0.4) is 0 Å². The van der Waals surface area contributed by atoms with Gasteiger partial charge in [0, 0.05) is 20.5 Å². The number of hydrogen-bond acceptors (Lipinski definition) is 7. The molecular formula is C12H17NO5S. The summed E-state index contributed by atoms with van der Waals surface area (Å²) in [5.74, 6) is -0.780. The molecule has 0 aliphatic carbocycles. The molecule has 0 amide bonds. The Morgan fingerprint density at radius 2 is 1.95 bits per heavy atom. The Hall–Kier alpha value is -1.31. The molecule has 0 aliphatic rings. The van der Waals surface area contributed by atoms with E-state index in [1.54, 1.807) is 7.11 Å². The van der Waals surface area contributed by atoms with Crippen LogP contribution in [0.15, 0.2) is 0 Å². The molecule has 7 heteroatoms. The Kier molecular flexibility index (Phi) is 6.61. The maximum atomic E-state index is 11.5. The quantitative estimate of drug-likeness (QED) is 0.408. The smallest absolute Gasteiger partial charge is 0.358 e. The molecule has 6 nitrogen and oxygen atoms in total. The molecule has 0 N–H and O–H groups in total. The van der Waals surface area contributed by atoms with Crippen molar-refractivity contribution < 1.29 is 23.8 Å². The van der Waals surface area contributed by atoms with E-state index in [0.717, 1.165) is 0 Å². The fourth-order valence-corrected chi connectivity index (χ4v) is 2.28. The van der Waals surface area contributed by atoms with Gasteiger partial charge in [0.15, 0.2) is 11.5 Å². The Balaban J connectivity index is 2.65. The van der Waals surface area contributed by atoms with Crippen molar-refractivity contribution in [2.24, 2.45) is 0 Å². The zero-order valence-electron chi connectivity index (χ0n) is 11.2. The lowest BCUT2D eigenvalue weighted by atomic mass is 10.3. The van der Waals surface area contributed by atoms with Crippen LogP contribution in [-0.2, 0) is 20.6 Å². The maximum Gasteiger partial charge on any atom is 0.358 e. The average Bonchev–Trinajstić information content (AvgIpc) is 2.82. The lowest BCUT2D eigenvalue weighted by Gasteiger charge is -2.00. The first-order valence-electron chi connectivity index (χ1n) is 5.75. The van der Waals surface area contributed by atoms with Crippen LogP contribution in [0.4, 0.5) is 0 Å². The van der Waals surface area contributed by atoms with Crippen LogP contribution < -0.4 is 0 Å². The van der Waals surface area contributed by atoms with Crippen molar-refractivity contribution in [2.75, 3.05) is 34.0 Å². The van der Waals surface area contributed by atoms with Crippen molar-refractivity contribution in [2.45, 2.75) is 13.3 Å². The second-order valence-corrected chi connectivity index (χ2v) is 4.77. The van der Waals surface area contributed by atoms with Gasteiger partial charge in [0.25, 0.3) is 0 Å².